The molecule has 1 aliphatic rings. The fraction of sp³-hybridized carbons (Fsp3) is 0.500. The van der Waals surface area contributed by atoms with Crippen molar-refractivity contribution in [3.63, 3.8) is 0 Å². The van der Waals surface area contributed by atoms with Crippen molar-refractivity contribution in [2.75, 3.05) is 26.7 Å². The van der Waals surface area contributed by atoms with Crippen molar-refractivity contribution in [3.05, 3.63) is 41.5 Å². The number of benzene rings is 1. The highest BCUT2D eigenvalue weighted by molar-refractivity contribution is 5.27. The second-order valence-electron chi connectivity index (χ2n) is 5.94. The summed E-state index contributed by atoms with van der Waals surface area (Å²) >= 11 is 0. The summed E-state index contributed by atoms with van der Waals surface area (Å²) < 4.78 is 45.5. The molecule has 0 bridgehead atoms. The Kier molecular flexibility index (Phi) is 5.24. The van der Waals surface area contributed by atoms with Crippen LogP contribution in [0.1, 0.15) is 23.3 Å². The molecule has 3 rings (SSSR count). The van der Waals surface area contributed by atoms with E-state index in [1.54, 1.807) is 12.1 Å². The van der Waals surface area contributed by atoms with Crippen LogP contribution in [-0.2, 0) is 12.8 Å². The smallest absolute Gasteiger partial charge is 0.406 e. The minimum atomic E-state index is -4.68. The van der Waals surface area contributed by atoms with Crippen LogP contribution in [0.15, 0.2) is 28.8 Å². The van der Waals surface area contributed by atoms with E-state index in [0.717, 1.165) is 25.2 Å². The molecule has 1 unspecified atom stereocenters. The molecule has 0 radical (unpaired) electrons. The summed E-state index contributed by atoms with van der Waals surface area (Å²) in [6.07, 6.45) is -3.56. The number of alkyl halides is 3. The highest BCUT2D eigenvalue weighted by Crippen LogP contribution is 2.23. The van der Waals surface area contributed by atoms with E-state index in [-0.39, 0.29) is 11.8 Å². The maximum atomic E-state index is 12.1. The molecule has 0 amide bonds. The molecular weight excluding hydrogens is 337 g/mol. The fourth-order valence-corrected chi connectivity index (χ4v) is 2.71. The lowest BCUT2D eigenvalue weighted by molar-refractivity contribution is -0.274. The first-order valence-electron chi connectivity index (χ1n) is 7.99. The van der Waals surface area contributed by atoms with Gasteiger partial charge in [-0.2, -0.15) is 4.98 Å². The third-order valence-electron chi connectivity index (χ3n) is 4.08. The molecule has 1 N–H and O–H groups in total. The molecule has 1 aliphatic heterocycles. The number of piperazine rings is 1. The Labute approximate surface area is 143 Å². The van der Waals surface area contributed by atoms with Crippen molar-refractivity contribution in [1.82, 2.24) is 20.4 Å². The standard InChI is InChI=1S/C16H19F3N4O2/c1-23-9-8-20-10-13(23)15-21-14(25-22-15)7-4-11-2-5-12(6-3-11)24-16(17,18)19/h2-3,5-6,13,20H,4,7-10H2,1H3. The molecule has 2 heterocycles. The minimum Gasteiger partial charge on any atom is -0.406 e. The summed E-state index contributed by atoms with van der Waals surface area (Å²) in [4.78, 5) is 6.60. The summed E-state index contributed by atoms with van der Waals surface area (Å²) in [5.74, 6) is 0.937. The van der Waals surface area contributed by atoms with Gasteiger partial charge in [0.1, 0.15) is 5.75 Å². The van der Waals surface area contributed by atoms with Crippen LogP contribution in [0, 0.1) is 0 Å². The monoisotopic (exact) mass is 356 g/mol. The molecule has 1 fully saturated rings. The van der Waals surface area contributed by atoms with Crippen molar-refractivity contribution < 1.29 is 22.4 Å². The quantitative estimate of drug-likeness (QED) is 0.887. The Hall–Kier alpha value is -2.13. The molecule has 2 aromatic rings. The SMILES string of the molecule is CN1CCNCC1c1noc(CCc2ccc(OC(F)(F)F)cc2)n1. The Bertz CT molecular complexity index is 687. The van der Waals surface area contributed by atoms with Crippen LogP contribution in [0.4, 0.5) is 13.2 Å². The van der Waals surface area contributed by atoms with E-state index in [4.69, 9.17) is 4.52 Å². The molecule has 0 spiro atoms. The molecule has 1 saturated heterocycles. The van der Waals surface area contributed by atoms with E-state index in [2.05, 4.69) is 25.1 Å². The predicted octanol–water partition coefficient (Wildman–Crippen LogP) is 2.33. The van der Waals surface area contributed by atoms with Gasteiger partial charge in [0.2, 0.25) is 5.89 Å². The summed E-state index contributed by atoms with van der Waals surface area (Å²) in [6, 6.07) is 5.87. The number of hydrogen-bond acceptors (Lipinski definition) is 6. The third kappa shape index (κ3) is 4.93. The maximum absolute atomic E-state index is 12.1. The first-order valence-corrected chi connectivity index (χ1v) is 7.99. The largest absolute Gasteiger partial charge is 0.573 e. The zero-order chi connectivity index (χ0) is 17.9. The van der Waals surface area contributed by atoms with Crippen molar-refractivity contribution in [2.45, 2.75) is 25.2 Å². The Balaban J connectivity index is 1.55. The van der Waals surface area contributed by atoms with E-state index in [1.165, 1.54) is 12.1 Å². The highest BCUT2D eigenvalue weighted by Gasteiger charge is 2.31. The Morgan fingerprint density at radius 2 is 2.04 bits per heavy atom. The van der Waals surface area contributed by atoms with E-state index in [0.29, 0.717) is 24.6 Å². The van der Waals surface area contributed by atoms with Crippen molar-refractivity contribution >= 4 is 0 Å². The number of ether oxygens (including phenoxy) is 1. The summed E-state index contributed by atoms with van der Waals surface area (Å²) in [5.41, 5.74) is 0.866. The topological polar surface area (TPSA) is 63.4 Å². The maximum Gasteiger partial charge on any atom is 0.573 e. The molecular formula is C16H19F3N4O2. The third-order valence-corrected chi connectivity index (χ3v) is 4.08. The van der Waals surface area contributed by atoms with Crippen LogP contribution in [0.2, 0.25) is 0 Å². The number of halogens is 3. The van der Waals surface area contributed by atoms with Gasteiger partial charge in [-0.25, -0.2) is 0 Å². The van der Waals surface area contributed by atoms with Crippen LogP contribution in [0.3, 0.4) is 0 Å². The van der Waals surface area contributed by atoms with Crippen molar-refractivity contribution in [2.24, 2.45) is 0 Å². The molecule has 25 heavy (non-hydrogen) atoms. The molecule has 0 saturated carbocycles. The van der Waals surface area contributed by atoms with Gasteiger partial charge in [-0.1, -0.05) is 17.3 Å². The summed E-state index contributed by atoms with van der Waals surface area (Å²) in [5, 5.41) is 7.34. The molecule has 136 valence electrons. The zero-order valence-corrected chi connectivity index (χ0v) is 13.7. The van der Waals surface area contributed by atoms with E-state index >= 15 is 0 Å². The second kappa shape index (κ2) is 7.40. The number of rotatable bonds is 5. The summed E-state index contributed by atoms with van der Waals surface area (Å²) in [7, 11) is 2.02. The molecule has 0 aliphatic carbocycles. The lowest BCUT2D eigenvalue weighted by Gasteiger charge is -2.30. The van der Waals surface area contributed by atoms with Gasteiger partial charge in [0, 0.05) is 26.1 Å². The Morgan fingerprint density at radius 1 is 1.28 bits per heavy atom. The van der Waals surface area contributed by atoms with Crippen LogP contribution in [0.5, 0.6) is 5.75 Å². The average Bonchev–Trinajstić information content (AvgIpc) is 3.02. The number of aromatic nitrogens is 2. The molecule has 6 nitrogen and oxygen atoms in total. The highest BCUT2D eigenvalue weighted by atomic mass is 19.4. The Morgan fingerprint density at radius 3 is 2.72 bits per heavy atom. The van der Waals surface area contributed by atoms with Gasteiger partial charge in [0.25, 0.3) is 0 Å². The minimum absolute atomic E-state index is 0.0880. The number of nitrogens with zero attached hydrogens (tertiary/aromatic N) is 3. The van der Waals surface area contributed by atoms with Gasteiger partial charge >= 0.3 is 6.36 Å². The van der Waals surface area contributed by atoms with Crippen LogP contribution >= 0.6 is 0 Å². The van der Waals surface area contributed by atoms with Gasteiger partial charge in [0.15, 0.2) is 5.82 Å². The van der Waals surface area contributed by atoms with Gasteiger partial charge in [-0.05, 0) is 31.2 Å². The average molecular weight is 356 g/mol. The molecule has 9 heteroatoms. The van der Waals surface area contributed by atoms with E-state index in [1.807, 2.05) is 7.05 Å². The fourth-order valence-electron chi connectivity index (χ4n) is 2.71. The van der Waals surface area contributed by atoms with Gasteiger partial charge in [-0.3, -0.25) is 4.90 Å². The van der Waals surface area contributed by atoms with Gasteiger partial charge in [0.05, 0.1) is 6.04 Å². The molecule has 1 aromatic carbocycles. The normalized spacial score (nSPS) is 19.1. The zero-order valence-electron chi connectivity index (χ0n) is 13.7. The number of nitrogens with one attached hydrogen (secondary N) is 1. The number of hydrogen-bond donors (Lipinski definition) is 1. The van der Waals surface area contributed by atoms with Gasteiger partial charge in [-0.15, -0.1) is 13.2 Å². The van der Waals surface area contributed by atoms with Crippen molar-refractivity contribution in [3.8, 4) is 5.75 Å². The van der Waals surface area contributed by atoms with E-state index in [9.17, 15) is 13.2 Å². The lowest BCUT2D eigenvalue weighted by Crippen LogP contribution is -2.44. The lowest BCUT2D eigenvalue weighted by atomic mass is 10.1. The second-order valence-corrected chi connectivity index (χ2v) is 5.94. The van der Waals surface area contributed by atoms with Crippen LogP contribution in [-0.4, -0.2) is 48.1 Å². The van der Waals surface area contributed by atoms with E-state index < -0.39 is 6.36 Å². The number of likely N-dealkylation sites (N-methyl/N-ethyl adjacent to an activating group) is 1. The van der Waals surface area contributed by atoms with Crippen LogP contribution in [0.25, 0.3) is 0 Å². The molecule has 1 atom stereocenters. The van der Waals surface area contributed by atoms with Gasteiger partial charge < -0.3 is 14.6 Å². The first-order chi connectivity index (χ1) is 11.9. The van der Waals surface area contributed by atoms with Crippen molar-refractivity contribution in [1.29, 1.82) is 0 Å². The predicted molar refractivity (Wildman–Crippen MR) is 83.1 cm³/mol. The van der Waals surface area contributed by atoms with Crippen LogP contribution < -0.4 is 10.1 Å². The first kappa shape index (κ1) is 17.7. The summed E-state index contributed by atoms with van der Waals surface area (Å²) in [6.45, 7) is 2.63. The number of aryl methyl sites for hydroxylation is 2. The molecule has 1 aromatic heterocycles.